The topological polar surface area (TPSA) is 75.0 Å². The van der Waals surface area contributed by atoms with Crippen LogP contribution in [0.5, 0.6) is 0 Å². The lowest BCUT2D eigenvalue weighted by atomic mass is 10.0. The molecule has 1 fully saturated rings. The monoisotopic (exact) mass is 326 g/mol. The molecule has 24 heavy (non-hydrogen) atoms. The van der Waals surface area contributed by atoms with E-state index in [1.54, 1.807) is 0 Å². The van der Waals surface area contributed by atoms with Crippen molar-refractivity contribution in [3.05, 3.63) is 52.3 Å². The summed E-state index contributed by atoms with van der Waals surface area (Å²) in [6.45, 7) is 6.56. The quantitative estimate of drug-likeness (QED) is 0.857. The molecule has 0 aliphatic heterocycles. The Labute approximate surface area is 143 Å². The lowest BCUT2D eigenvalue weighted by Gasteiger charge is -2.26. The van der Waals surface area contributed by atoms with Crippen molar-refractivity contribution < 1.29 is 4.79 Å². The number of hydrogen-bond acceptors (Lipinski definition) is 3. The second kappa shape index (κ2) is 6.77. The predicted octanol–water partition coefficient (Wildman–Crippen LogP) is 2.78. The molecule has 5 heteroatoms. The van der Waals surface area contributed by atoms with Crippen LogP contribution >= 0.6 is 0 Å². The maximum Gasteiger partial charge on any atom is 0.244 e. The molecule has 1 aromatic heterocycles. The molecule has 0 radical (unpaired) electrons. The van der Waals surface area contributed by atoms with Crippen LogP contribution in [0.1, 0.15) is 53.9 Å². The number of nitrogens with one attached hydrogen (secondary N) is 1. The zero-order valence-corrected chi connectivity index (χ0v) is 14.7. The van der Waals surface area contributed by atoms with Gasteiger partial charge in [0.25, 0.3) is 0 Å². The molecule has 0 unspecified atom stereocenters. The van der Waals surface area contributed by atoms with E-state index in [1.807, 2.05) is 18.7 Å². The van der Waals surface area contributed by atoms with Gasteiger partial charge in [-0.3, -0.25) is 9.89 Å². The highest BCUT2D eigenvalue weighted by molar-refractivity contribution is 5.84. The summed E-state index contributed by atoms with van der Waals surface area (Å²) < 4.78 is 0. The van der Waals surface area contributed by atoms with Gasteiger partial charge in [-0.05, 0) is 44.2 Å². The lowest BCUT2D eigenvalue weighted by Crippen LogP contribution is -2.40. The molecule has 3 N–H and O–H groups in total. The van der Waals surface area contributed by atoms with E-state index in [1.165, 1.54) is 5.56 Å². The SMILES string of the molecule is CCc1ccc(CN(C(=O)[C@@H](N)c2c(C)n[nH]c2C)C2CC2)cc1. The zero-order chi connectivity index (χ0) is 17.3. The highest BCUT2D eigenvalue weighted by Crippen LogP contribution is 2.31. The van der Waals surface area contributed by atoms with E-state index < -0.39 is 6.04 Å². The van der Waals surface area contributed by atoms with Crippen molar-refractivity contribution in [2.75, 3.05) is 0 Å². The number of aryl methyl sites for hydroxylation is 3. The summed E-state index contributed by atoms with van der Waals surface area (Å²) in [5.41, 5.74) is 11.3. The predicted molar refractivity (Wildman–Crippen MR) is 94.4 cm³/mol. The molecule has 0 saturated heterocycles. The van der Waals surface area contributed by atoms with Gasteiger partial charge in [-0.2, -0.15) is 5.10 Å². The summed E-state index contributed by atoms with van der Waals surface area (Å²) in [7, 11) is 0. The van der Waals surface area contributed by atoms with Gasteiger partial charge in [-0.15, -0.1) is 0 Å². The third-order valence-corrected chi connectivity index (χ3v) is 4.82. The molecule has 1 amide bonds. The molecule has 1 heterocycles. The van der Waals surface area contributed by atoms with Crippen molar-refractivity contribution >= 4 is 5.91 Å². The van der Waals surface area contributed by atoms with Gasteiger partial charge in [-0.25, -0.2) is 0 Å². The van der Waals surface area contributed by atoms with Crippen molar-refractivity contribution in [2.24, 2.45) is 5.73 Å². The Hall–Kier alpha value is -2.14. The molecule has 5 nitrogen and oxygen atoms in total. The average Bonchev–Trinajstić information content (AvgIpc) is 3.37. The van der Waals surface area contributed by atoms with E-state index in [4.69, 9.17) is 5.73 Å². The highest BCUT2D eigenvalue weighted by Gasteiger charge is 2.36. The van der Waals surface area contributed by atoms with Crippen molar-refractivity contribution in [3.8, 4) is 0 Å². The third kappa shape index (κ3) is 3.36. The van der Waals surface area contributed by atoms with E-state index in [0.29, 0.717) is 12.6 Å². The number of carbonyl (C=O) groups is 1. The fourth-order valence-corrected chi connectivity index (χ4v) is 3.17. The fourth-order valence-electron chi connectivity index (χ4n) is 3.17. The van der Waals surface area contributed by atoms with Crippen LogP contribution in [-0.2, 0) is 17.8 Å². The Morgan fingerprint density at radius 3 is 2.42 bits per heavy atom. The van der Waals surface area contributed by atoms with Crippen LogP contribution in [-0.4, -0.2) is 27.0 Å². The van der Waals surface area contributed by atoms with Crippen LogP contribution in [0.3, 0.4) is 0 Å². The van der Waals surface area contributed by atoms with Gasteiger partial charge in [-0.1, -0.05) is 31.2 Å². The van der Waals surface area contributed by atoms with Gasteiger partial charge in [0, 0.05) is 23.8 Å². The van der Waals surface area contributed by atoms with Gasteiger partial charge in [0.1, 0.15) is 6.04 Å². The molecule has 1 aliphatic carbocycles. The van der Waals surface area contributed by atoms with Crippen molar-refractivity contribution in [1.29, 1.82) is 0 Å². The molecule has 1 saturated carbocycles. The minimum absolute atomic E-state index is 0.00957. The van der Waals surface area contributed by atoms with Gasteiger partial charge in [0.2, 0.25) is 5.91 Å². The Morgan fingerprint density at radius 2 is 1.92 bits per heavy atom. The van der Waals surface area contributed by atoms with Crippen molar-refractivity contribution in [1.82, 2.24) is 15.1 Å². The molecule has 2 aromatic rings. The number of amides is 1. The number of aromatic nitrogens is 2. The zero-order valence-electron chi connectivity index (χ0n) is 14.7. The summed E-state index contributed by atoms with van der Waals surface area (Å²) in [6.07, 6.45) is 3.15. The molecule has 0 bridgehead atoms. The van der Waals surface area contributed by atoms with Crippen LogP contribution < -0.4 is 5.73 Å². The Morgan fingerprint density at radius 1 is 1.29 bits per heavy atom. The van der Waals surface area contributed by atoms with E-state index in [-0.39, 0.29) is 5.91 Å². The van der Waals surface area contributed by atoms with Gasteiger partial charge in [0.05, 0.1) is 5.69 Å². The third-order valence-electron chi connectivity index (χ3n) is 4.82. The van der Waals surface area contributed by atoms with Crippen LogP contribution in [0.2, 0.25) is 0 Å². The maximum atomic E-state index is 13.0. The van der Waals surface area contributed by atoms with Gasteiger partial charge < -0.3 is 10.6 Å². The van der Waals surface area contributed by atoms with Crippen LogP contribution in [0, 0.1) is 13.8 Å². The lowest BCUT2D eigenvalue weighted by molar-refractivity contribution is -0.134. The first-order valence-electron chi connectivity index (χ1n) is 8.66. The number of aromatic amines is 1. The Balaban J connectivity index is 1.78. The molecule has 128 valence electrons. The molecule has 1 aliphatic rings. The number of hydrogen-bond donors (Lipinski definition) is 2. The Kier molecular flexibility index (Phi) is 4.71. The van der Waals surface area contributed by atoms with E-state index >= 15 is 0 Å². The number of rotatable bonds is 6. The maximum absolute atomic E-state index is 13.0. The summed E-state index contributed by atoms with van der Waals surface area (Å²) in [6, 6.07) is 8.16. The molecule has 1 aromatic carbocycles. The molecule has 3 rings (SSSR count). The minimum Gasteiger partial charge on any atom is -0.334 e. The van der Waals surface area contributed by atoms with E-state index in [9.17, 15) is 4.79 Å². The molecule has 1 atom stereocenters. The number of nitrogens with two attached hydrogens (primary N) is 1. The van der Waals surface area contributed by atoms with E-state index in [2.05, 4.69) is 41.4 Å². The standard InChI is InChI=1S/C19H26N4O/c1-4-14-5-7-15(8-6-14)11-23(16-9-10-16)19(24)18(20)17-12(2)21-22-13(17)3/h5-8,16,18H,4,9-11,20H2,1-3H3,(H,21,22)/t18-/m0/s1. The first-order valence-corrected chi connectivity index (χ1v) is 8.66. The van der Waals surface area contributed by atoms with Crippen LogP contribution in [0.15, 0.2) is 24.3 Å². The largest absolute Gasteiger partial charge is 0.334 e. The summed E-state index contributed by atoms with van der Waals surface area (Å²) >= 11 is 0. The highest BCUT2D eigenvalue weighted by atomic mass is 16.2. The van der Waals surface area contributed by atoms with Crippen LogP contribution in [0.4, 0.5) is 0 Å². The average molecular weight is 326 g/mol. The summed E-state index contributed by atoms with van der Waals surface area (Å²) in [5, 5.41) is 7.08. The molecule has 0 spiro atoms. The minimum atomic E-state index is -0.653. The van der Waals surface area contributed by atoms with Gasteiger partial charge >= 0.3 is 0 Å². The summed E-state index contributed by atoms with van der Waals surface area (Å²) in [5.74, 6) is -0.00957. The first kappa shape index (κ1) is 16.7. The number of H-pyrrole nitrogens is 1. The van der Waals surface area contributed by atoms with Crippen LogP contribution in [0.25, 0.3) is 0 Å². The van der Waals surface area contributed by atoms with E-state index in [0.717, 1.165) is 41.8 Å². The number of nitrogens with zero attached hydrogens (tertiary/aromatic N) is 2. The molecular formula is C19H26N4O. The van der Waals surface area contributed by atoms with Crippen molar-refractivity contribution in [2.45, 2.75) is 58.7 Å². The Bertz CT molecular complexity index is 696. The summed E-state index contributed by atoms with van der Waals surface area (Å²) in [4.78, 5) is 15.0. The number of carbonyl (C=O) groups excluding carboxylic acids is 1. The normalized spacial score (nSPS) is 15.3. The van der Waals surface area contributed by atoms with Crippen molar-refractivity contribution in [3.63, 3.8) is 0 Å². The molecular weight excluding hydrogens is 300 g/mol. The fraction of sp³-hybridized carbons (Fsp3) is 0.474. The smallest absolute Gasteiger partial charge is 0.244 e. The first-order chi connectivity index (χ1) is 11.5. The number of benzene rings is 1. The second-order valence-electron chi connectivity index (χ2n) is 6.69. The second-order valence-corrected chi connectivity index (χ2v) is 6.69. The van der Waals surface area contributed by atoms with Gasteiger partial charge in [0.15, 0.2) is 0 Å².